The van der Waals surface area contributed by atoms with Gasteiger partial charge < -0.3 is 10.2 Å². The van der Waals surface area contributed by atoms with Crippen LogP contribution in [0.4, 0.5) is 5.69 Å². The molecule has 7 nitrogen and oxygen atoms in total. The van der Waals surface area contributed by atoms with Gasteiger partial charge in [0.05, 0.1) is 11.9 Å². The molecule has 0 aliphatic heterocycles. The molecule has 0 saturated heterocycles. The molecule has 0 spiro atoms. The number of rotatable bonds is 12. The molecule has 0 saturated carbocycles. The van der Waals surface area contributed by atoms with Crippen molar-refractivity contribution >= 4 is 50.7 Å². The Hall–Kier alpha value is -3.07. The molecular formula is C29H33Cl2N3O4S. The molecule has 0 aliphatic rings. The van der Waals surface area contributed by atoms with E-state index in [9.17, 15) is 18.0 Å². The Labute approximate surface area is 240 Å². The fourth-order valence-electron chi connectivity index (χ4n) is 4.07. The van der Waals surface area contributed by atoms with Gasteiger partial charge in [-0.3, -0.25) is 13.9 Å². The van der Waals surface area contributed by atoms with Gasteiger partial charge in [0.15, 0.2) is 0 Å². The van der Waals surface area contributed by atoms with Gasteiger partial charge in [-0.15, -0.1) is 0 Å². The summed E-state index contributed by atoms with van der Waals surface area (Å²) in [5.41, 5.74) is 1.82. The number of hydrogen-bond donors (Lipinski definition) is 1. The first-order valence-electron chi connectivity index (χ1n) is 12.6. The lowest BCUT2D eigenvalue weighted by molar-refractivity contribution is -0.140. The smallest absolute Gasteiger partial charge is 0.244 e. The van der Waals surface area contributed by atoms with Gasteiger partial charge in [-0.05, 0) is 54.8 Å². The average molecular weight is 591 g/mol. The van der Waals surface area contributed by atoms with E-state index in [-0.39, 0.29) is 30.6 Å². The molecule has 10 heteroatoms. The SMILES string of the molecule is CC[C@H](C)NC(=O)[C@H](Cc1ccccc1)N(Cc1cccc(Cl)c1)C(=O)CN(c1cccc(Cl)c1)S(C)(=O)=O. The Morgan fingerprint density at radius 3 is 2.10 bits per heavy atom. The Balaban J connectivity index is 2.06. The summed E-state index contributed by atoms with van der Waals surface area (Å²) in [7, 11) is -3.87. The highest BCUT2D eigenvalue weighted by molar-refractivity contribution is 7.92. The van der Waals surface area contributed by atoms with Crippen LogP contribution in [0.3, 0.4) is 0 Å². The average Bonchev–Trinajstić information content (AvgIpc) is 2.89. The molecule has 208 valence electrons. The van der Waals surface area contributed by atoms with Gasteiger partial charge in [0.1, 0.15) is 12.6 Å². The van der Waals surface area contributed by atoms with Gasteiger partial charge in [0.2, 0.25) is 21.8 Å². The minimum atomic E-state index is -3.87. The maximum atomic E-state index is 14.0. The molecule has 3 aromatic rings. The topological polar surface area (TPSA) is 86.8 Å². The molecule has 2 amide bonds. The van der Waals surface area contributed by atoms with Crippen LogP contribution in [0.5, 0.6) is 0 Å². The van der Waals surface area contributed by atoms with Crippen LogP contribution in [0.1, 0.15) is 31.4 Å². The van der Waals surface area contributed by atoms with Crippen molar-refractivity contribution in [1.82, 2.24) is 10.2 Å². The first-order valence-corrected chi connectivity index (χ1v) is 15.2. The number of amides is 2. The van der Waals surface area contributed by atoms with Crippen molar-refractivity contribution < 1.29 is 18.0 Å². The molecule has 2 atom stereocenters. The van der Waals surface area contributed by atoms with Crippen molar-refractivity contribution in [2.75, 3.05) is 17.1 Å². The highest BCUT2D eigenvalue weighted by Crippen LogP contribution is 2.23. The van der Waals surface area contributed by atoms with Crippen molar-refractivity contribution in [3.8, 4) is 0 Å². The largest absolute Gasteiger partial charge is 0.352 e. The fourth-order valence-corrected chi connectivity index (χ4v) is 5.31. The summed E-state index contributed by atoms with van der Waals surface area (Å²) in [6.45, 7) is 3.39. The quantitative estimate of drug-likeness (QED) is 0.310. The molecule has 0 fully saturated rings. The van der Waals surface area contributed by atoms with Gasteiger partial charge in [-0.25, -0.2) is 8.42 Å². The molecule has 39 heavy (non-hydrogen) atoms. The van der Waals surface area contributed by atoms with Crippen molar-refractivity contribution in [3.63, 3.8) is 0 Å². The van der Waals surface area contributed by atoms with E-state index in [1.807, 2.05) is 50.2 Å². The third-order valence-corrected chi connectivity index (χ3v) is 7.90. The van der Waals surface area contributed by atoms with Crippen LogP contribution in [-0.2, 0) is 32.6 Å². The van der Waals surface area contributed by atoms with Gasteiger partial charge in [-0.1, -0.05) is 78.7 Å². The summed E-state index contributed by atoms with van der Waals surface area (Å²) in [5, 5.41) is 3.82. The summed E-state index contributed by atoms with van der Waals surface area (Å²) < 4.78 is 26.6. The van der Waals surface area contributed by atoms with Gasteiger partial charge in [0.25, 0.3) is 0 Å². The number of carbonyl (C=O) groups excluding carboxylic acids is 2. The predicted molar refractivity (Wildman–Crippen MR) is 157 cm³/mol. The number of nitrogens with zero attached hydrogens (tertiary/aromatic N) is 2. The zero-order valence-electron chi connectivity index (χ0n) is 22.2. The number of nitrogens with one attached hydrogen (secondary N) is 1. The van der Waals surface area contributed by atoms with E-state index in [0.717, 1.165) is 16.1 Å². The van der Waals surface area contributed by atoms with E-state index in [0.29, 0.717) is 22.0 Å². The lowest BCUT2D eigenvalue weighted by atomic mass is 10.0. The normalized spacial score (nSPS) is 12.8. The highest BCUT2D eigenvalue weighted by Gasteiger charge is 2.33. The summed E-state index contributed by atoms with van der Waals surface area (Å²) in [6.07, 6.45) is 1.98. The van der Waals surface area contributed by atoms with Crippen LogP contribution in [0.15, 0.2) is 78.9 Å². The lowest BCUT2D eigenvalue weighted by Gasteiger charge is -2.34. The number of sulfonamides is 1. The molecular weight excluding hydrogens is 557 g/mol. The third-order valence-electron chi connectivity index (χ3n) is 6.29. The third kappa shape index (κ3) is 8.98. The highest BCUT2D eigenvalue weighted by atomic mass is 35.5. The minimum Gasteiger partial charge on any atom is -0.352 e. The van der Waals surface area contributed by atoms with Crippen molar-refractivity contribution in [2.45, 2.75) is 45.3 Å². The number of benzene rings is 3. The van der Waals surface area contributed by atoms with Crippen molar-refractivity contribution in [2.24, 2.45) is 0 Å². The molecule has 0 heterocycles. The monoisotopic (exact) mass is 589 g/mol. The van der Waals surface area contributed by atoms with E-state index < -0.39 is 28.5 Å². The molecule has 0 unspecified atom stereocenters. The molecule has 1 N–H and O–H groups in total. The molecule has 0 aromatic heterocycles. The zero-order valence-corrected chi connectivity index (χ0v) is 24.5. The summed E-state index contributed by atoms with van der Waals surface area (Å²) >= 11 is 12.3. The Morgan fingerprint density at radius 1 is 0.897 bits per heavy atom. The van der Waals surface area contributed by atoms with E-state index in [2.05, 4.69) is 5.32 Å². The second-order valence-corrected chi connectivity index (χ2v) is 12.2. The predicted octanol–water partition coefficient (Wildman–Crippen LogP) is 5.31. The van der Waals surface area contributed by atoms with Crippen molar-refractivity contribution in [3.05, 3.63) is 100 Å². The standard InChI is InChI=1S/C29H33Cl2N3O4S/c1-4-21(2)32-29(36)27(17-22-10-6-5-7-11-22)33(19-23-12-8-13-24(30)16-23)28(35)20-34(39(3,37)38)26-15-9-14-25(31)18-26/h5-16,18,21,27H,4,17,19-20H2,1-3H3,(H,32,36)/t21-,27-/m0/s1. The summed E-state index contributed by atoms with van der Waals surface area (Å²) in [6, 6.07) is 21.7. The molecule has 3 rings (SSSR count). The molecule has 0 radical (unpaired) electrons. The Kier molecular flexibility index (Phi) is 10.8. The number of hydrogen-bond acceptors (Lipinski definition) is 4. The zero-order chi connectivity index (χ0) is 28.6. The van der Waals surface area contributed by atoms with Crippen LogP contribution in [0.2, 0.25) is 10.0 Å². The van der Waals surface area contributed by atoms with Crippen LogP contribution in [0.25, 0.3) is 0 Å². The molecule has 0 aliphatic carbocycles. The maximum Gasteiger partial charge on any atom is 0.244 e. The lowest BCUT2D eigenvalue weighted by Crippen LogP contribution is -2.54. The summed E-state index contributed by atoms with van der Waals surface area (Å²) in [4.78, 5) is 29.1. The van der Waals surface area contributed by atoms with E-state index >= 15 is 0 Å². The fraction of sp³-hybridized carbons (Fsp3) is 0.310. The first-order chi connectivity index (χ1) is 18.5. The molecule has 0 bridgehead atoms. The number of anilines is 1. The van der Waals surface area contributed by atoms with Gasteiger partial charge >= 0.3 is 0 Å². The Bertz CT molecular complexity index is 1390. The minimum absolute atomic E-state index is 0.0535. The van der Waals surface area contributed by atoms with Gasteiger partial charge in [0, 0.05) is 29.1 Å². The van der Waals surface area contributed by atoms with Crippen LogP contribution >= 0.6 is 23.2 Å². The number of halogens is 2. The molecule has 3 aromatic carbocycles. The Morgan fingerprint density at radius 2 is 1.51 bits per heavy atom. The van der Waals surface area contributed by atoms with E-state index in [1.54, 1.807) is 36.4 Å². The van der Waals surface area contributed by atoms with Crippen LogP contribution in [-0.4, -0.2) is 50.0 Å². The van der Waals surface area contributed by atoms with E-state index in [4.69, 9.17) is 23.2 Å². The summed E-state index contributed by atoms with van der Waals surface area (Å²) in [5.74, 6) is -0.863. The second-order valence-electron chi connectivity index (χ2n) is 9.42. The maximum absolute atomic E-state index is 14.0. The first kappa shape index (κ1) is 30.5. The van der Waals surface area contributed by atoms with E-state index in [1.165, 1.54) is 11.0 Å². The van der Waals surface area contributed by atoms with Crippen LogP contribution < -0.4 is 9.62 Å². The van der Waals surface area contributed by atoms with Crippen LogP contribution in [0, 0.1) is 0 Å². The van der Waals surface area contributed by atoms with Crippen molar-refractivity contribution in [1.29, 1.82) is 0 Å². The second kappa shape index (κ2) is 13.8. The van der Waals surface area contributed by atoms with Gasteiger partial charge in [-0.2, -0.15) is 0 Å². The number of carbonyl (C=O) groups is 2.